The Labute approximate surface area is 90.2 Å². The standard InChI is InChI=1S/C9H12F5NS/c1-7(15)6-8-2-4-9(5-3-8)16(10,11,12,13)14/h2-5,7H,6,15H2,1H3. The second kappa shape index (κ2) is 3.10. The van der Waals surface area contributed by atoms with Gasteiger partial charge in [-0.25, -0.2) is 0 Å². The van der Waals surface area contributed by atoms with Crippen molar-refractivity contribution in [3.8, 4) is 0 Å². The lowest BCUT2D eigenvalue weighted by Crippen LogP contribution is -2.17. The molecule has 16 heavy (non-hydrogen) atoms. The summed E-state index contributed by atoms with van der Waals surface area (Å²) in [5, 5.41) is 0. The number of rotatable bonds is 3. The average molecular weight is 261 g/mol. The average Bonchev–Trinajstić information content (AvgIpc) is 1.99. The van der Waals surface area contributed by atoms with Crippen molar-refractivity contribution in [3.63, 3.8) is 0 Å². The molecule has 0 fully saturated rings. The maximum atomic E-state index is 12.3. The third-order valence-electron chi connectivity index (χ3n) is 1.93. The van der Waals surface area contributed by atoms with E-state index in [0.717, 1.165) is 12.1 Å². The minimum Gasteiger partial charge on any atom is -0.328 e. The van der Waals surface area contributed by atoms with Crippen LogP contribution in [-0.4, -0.2) is 6.04 Å². The maximum Gasteiger partial charge on any atom is 0.310 e. The van der Waals surface area contributed by atoms with E-state index in [1.54, 1.807) is 6.92 Å². The first-order valence-electron chi connectivity index (χ1n) is 4.47. The number of hydrogen-bond donors (Lipinski definition) is 1. The van der Waals surface area contributed by atoms with Crippen LogP contribution in [0.1, 0.15) is 12.5 Å². The Morgan fingerprint density at radius 1 is 1.06 bits per heavy atom. The largest absolute Gasteiger partial charge is 0.328 e. The van der Waals surface area contributed by atoms with E-state index in [4.69, 9.17) is 5.73 Å². The van der Waals surface area contributed by atoms with E-state index in [0.29, 0.717) is 24.1 Å². The Kier molecular flexibility index (Phi) is 2.57. The Morgan fingerprint density at radius 2 is 1.50 bits per heavy atom. The fourth-order valence-corrected chi connectivity index (χ4v) is 1.90. The summed E-state index contributed by atoms with van der Waals surface area (Å²) in [6, 6.07) is 2.62. The molecule has 0 aliphatic rings. The summed E-state index contributed by atoms with van der Waals surface area (Å²) in [4.78, 5) is -1.87. The lowest BCUT2D eigenvalue weighted by molar-refractivity contribution is 0.364. The van der Waals surface area contributed by atoms with Crippen molar-refractivity contribution in [2.45, 2.75) is 24.3 Å². The van der Waals surface area contributed by atoms with E-state index in [1.807, 2.05) is 0 Å². The van der Waals surface area contributed by atoms with Crippen LogP contribution in [0.25, 0.3) is 0 Å². The molecule has 0 aliphatic carbocycles. The summed E-state index contributed by atoms with van der Waals surface area (Å²) in [7, 11) is -9.53. The van der Waals surface area contributed by atoms with Crippen LogP contribution >= 0.6 is 10.2 Å². The van der Waals surface area contributed by atoms with E-state index in [9.17, 15) is 19.4 Å². The molecule has 0 aromatic heterocycles. The van der Waals surface area contributed by atoms with Crippen molar-refractivity contribution in [1.29, 1.82) is 0 Å². The molecule has 1 rings (SSSR count). The minimum atomic E-state index is -9.53. The van der Waals surface area contributed by atoms with E-state index >= 15 is 0 Å². The van der Waals surface area contributed by atoms with Crippen molar-refractivity contribution < 1.29 is 19.4 Å². The second-order valence-electron chi connectivity index (χ2n) is 3.79. The fraction of sp³-hybridized carbons (Fsp3) is 0.333. The highest BCUT2D eigenvalue weighted by atomic mass is 32.5. The zero-order chi connectivity index (χ0) is 12.7. The van der Waals surface area contributed by atoms with Crippen molar-refractivity contribution in [1.82, 2.24) is 0 Å². The molecule has 94 valence electrons. The van der Waals surface area contributed by atoms with Crippen LogP contribution in [0, 0.1) is 0 Å². The Bertz CT molecular complexity index is 380. The van der Waals surface area contributed by atoms with Gasteiger partial charge >= 0.3 is 10.2 Å². The predicted molar refractivity (Wildman–Crippen MR) is 55.2 cm³/mol. The lowest BCUT2D eigenvalue weighted by atomic mass is 10.1. The van der Waals surface area contributed by atoms with E-state index in [-0.39, 0.29) is 6.04 Å². The van der Waals surface area contributed by atoms with Gasteiger partial charge in [-0.2, -0.15) is 0 Å². The molecule has 0 heterocycles. The summed E-state index contributed by atoms with van der Waals surface area (Å²) < 4.78 is 61.6. The van der Waals surface area contributed by atoms with Gasteiger partial charge in [-0.3, -0.25) is 0 Å². The summed E-state index contributed by atoms with van der Waals surface area (Å²) in [6.07, 6.45) is 0.348. The molecule has 2 N–H and O–H groups in total. The fourth-order valence-electron chi connectivity index (χ4n) is 1.25. The predicted octanol–water partition coefficient (Wildman–Crippen LogP) is 4.23. The van der Waals surface area contributed by atoms with E-state index < -0.39 is 15.1 Å². The quantitative estimate of drug-likeness (QED) is 0.809. The Morgan fingerprint density at radius 3 is 1.81 bits per heavy atom. The smallest absolute Gasteiger partial charge is 0.310 e. The van der Waals surface area contributed by atoms with Crippen molar-refractivity contribution in [2.24, 2.45) is 5.73 Å². The van der Waals surface area contributed by atoms with Crippen molar-refractivity contribution >= 4 is 10.2 Å². The molecule has 1 nitrogen and oxygen atoms in total. The van der Waals surface area contributed by atoms with Gasteiger partial charge in [0, 0.05) is 6.04 Å². The Balaban J connectivity index is 3.06. The van der Waals surface area contributed by atoms with Gasteiger partial charge in [0.2, 0.25) is 0 Å². The van der Waals surface area contributed by atoms with Gasteiger partial charge in [-0.15, -0.1) is 0 Å². The highest BCUT2D eigenvalue weighted by molar-refractivity contribution is 8.45. The van der Waals surface area contributed by atoms with Crippen LogP contribution in [0.3, 0.4) is 0 Å². The van der Waals surface area contributed by atoms with Crippen LogP contribution in [-0.2, 0) is 6.42 Å². The SMILES string of the molecule is CC(N)Cc1ccc(S(F)(F)(F)(F)F)cc1. The van der Waals surface area contributed by atoms with Crippen LogP contribution in [0.15, 0.2) is 29.2 Å². The van der Waals surface area contributed by atoms with Crippen LogP contribution in [0.5, 0.6) is 0 Å². The molecule has 0 radical (unpaired) electrons. The molecule has 0 saturated carbocycles. The highest BCUT2D eigenvalue weighted by Crippen LogP contribution is 3.02. The lowest BCUT2D eigenvalue weighted by Gasteiger charge is -2.40. The molecule has 7 heteroatoms. The number of hydrogen-bond acceptors (Lipinski definition) is 1. The first-order valence-corrected chi connectivity index (χ1v) is 6.42. The third-order valence-corrected chi connectivity index (χ3v) is 3.09. The molecule has 1 unspecified atom stereocenters. The monoisotopic (exact) mass is 261 g/mol. The second-order valence-corrected chi connectivity index (χ2v) is 6.20. The van der Waals surface area contributed by atoms with Crippen molar-refractivity contribution in [2.75, 3.05) is 0 Å². The minimum absolute atomic E-state index is 0.231. The van der Waals surface area contributed by atoms with Gasteiger partial charge in [0.15, 0.2) is 0 Å². The molecule has 0 bridgehead atoms. The topological polar surface area (TPSA) is 26.0 Å². The van der Waals surface area contributed by atoms with Gasteiger partial charge in [-0.05, 0) is 31.0 Å². The van der Waals surface area contributed by atoms with Gasteiger partial charge in [0.05, 0.1) is 0 Å². The van der Waals surface area contributed by atoms with E-state index in [1.165, 1.54) is 0 Å². The third kappa shape index (κ3) is 3.64. The zero-order valence-electron chi connectivity index (χ0n) is 8.47. The highest BCUT2D eigenvalue weighted by Gasteiger charge is 2.65. The first-order chi connectivity index (χ1) is 6.88. The van der Waals surface area contributed by atoms with Crippen molar-refractivity contribution in [3.05, 3.63) is 29.8 Å². The number of benzene rings is 1. The summed E-state index contributed by atoms with van der Waals surface area (Å²) >= 11 is 0. The summed E-state index contributed by atoms with van der Waals surface area (Å²) in [6.45, 7) is 1.68. The van der Waals surface area contributed by atoms with Gasteiger partial charge in [0.25, 0.3) is 0 Å². The van der Waals surface area contributed by atoms with Gasteiger partial charge in [0.1, 0.15) is 4.90 Å². The van der Waals surface area contributed by atoms with Crippen LogP contribution in [0.4, 0.5) is 19.4 Å². The van der Waals surface area contributed by atoms with Gasteiger partial charge < -0.3 is 5.73 Å². The summed E-state index contributed by atoms with van der Waals surface area (Å²) in [5.74, 6) is 0. The number of halogens is 5. The molecule has 0 spiro atoms. The van der Waals surface area contributed by atoms with Crippen LogP contribution < -0.4 is 5.73 Å². The maximum absolute atomic E-state index is 12.3. The Hall–Kier alpha value is -0.820. The van der Waals surface area contributed by atoms with E-state index in [2.05, 4.69) is 0 Å². The molecule has 0 saturated heterocycles. The summed E-state index contributed by atoms with van der Waals surface area (Å²) in [5.41, 5.74) is 5.94. The normalized spacial score (nSPS) is 18.7. The first kappa shape index (κ1) is 13.2. The molecule has 1 aromatic carbocycles. The number of nitrogens with two attached hydrogens (primary N) is 1. The molecule has 1 atom stereocenters. The van der Waals surface area contributed by atoms with Gasteiger partial charge in [-0.1, -0.05) is 31.6 Å². The molecular weight excluding hydrogens is 249 g/mol. The molecule has 0 amide bonds. The molecular formula is C9H12F5NS. The van der Waals surface area contributed by atoms with Crippen LogP contribution in [0.2, 0.25) is 0 Å². The molecule has 0 aliphatic heterocycles. The zero-order valence-corrected chi connectivity index (χ0v) is 9.29. The molecule has 1 aromatic rings.